The van der Waals surface area contributed by atoms with Crippen molar-refractivity contribution in [3.05, 3.63) is 77.6 Å². The Morgan fingerprint density at radius 2 is 1.75 bits per heavy atom. The van der Waals surface area contributed by atoms with E-state index in [0.29, 0.717) is 12.2 Å². The minimum Gasteiger partial charge on any atom is -0.280 e. The molecule has 0 spiro atoms. The van der Waals surface area contributed by atoms with Gasteiger partial charge in [0, 0.05) is 11.4 Å². The molecule has 0 saturated carbocycles. The van der Waals surface area contributed by atoms with Crippen LogP contribution in [-0.2, 0) is 16.6 Å². The fourth-order valence-corrected chi connectivity index (χ4v) is 3.63. The van der Waals surface area contributed by atoms with Gasteiger partial charge in [-0.05, 0) is 49.7 Å². The van der Waals surface area contributed by atoms with Crippen molar-refractivity contribution in [3.63, 3.8) is 0 Å². The number of rotatable bonds is 5. The van der Waals surface area contributed by atoms with Crippen molar-refractivity contribution in [3.8, 4) is 0 Å². The molecular formula is C18H19N3O2S. The summed E-state index contributed by atoms with van der Waals surface area (Å²) in [6.45, 7) is 4.55. The minimum atomic E-state index is -3.58. The first kappa shape index (κ1) is 16.3. The first-order valence-corrected chi connectivity index (χ1v) is 9.10. The summed E-state index contributed by atoms with van der Waals surface area (Å²) in [4.78, 5) is 0.244. The van der Waals surface area contributed by atoms with E-state index in [0.717, 1.165) is 17.0 Å². The molecule has 0 atom stereocenters. The molecule has 0 aliphatic rings. The fourth-order valence-electron chi connectivity index (χ4n) is 2.55. The zero-order chi connectivity index (χ0) is 17.2. The predicted octanol–water partition coefficient (Wildman–Crippen LogP) is 3.35. The van der Waals surface area contributed by atoms with Gasteiger partial charge in [-0.25, -0.2) is 8.42 Å². The van der Waals surface area contributed by atoms with Gasteiger partial charge < -0.3 is 0 Å². The van der Waals surface area contributed by atoms with Crippen LogP contribution in [0, 0.1) is 13.8 Å². The maximum atomic E-state index is 12.4. The van der Waals surface area contributed by atoms with Crippen molar-refractivity contribution in [2.45, 2.75) is 25.3 Å². The van der Waals surface area contributed by atoms with Crippen molar-refractivity contribution in [2.24, 2.45) is 0 Å². The second-order valence-corrected chi connectivity index (χ2v) is 7.39. The largest absolute Gasteiger partial charge is 0.280 e. The number of hydrogen-bond donors (Lipinski definition) is 1. The molecule has 1 N–H and O–H groups in total. The summed E-state index contributed by atoms with van der Waals surface area (Å²) in [7, 11) is -3.58. The molecule has 5 nitrogen and oxygen atoms in total. The van der Waals surface area contributed by atoms with Crippen LogP contribution in [0.5, 0.6) is 0 Å². The Kier molecular flexibility index (Phi) is 4.40. The lowest BCUT2D eigenvalue weighted by atomic mass is 10.2. The van der Waals surface area contributed by atoms with E-state index in [9.17, 15) is 8.42 Å². The quantitative estimate of drug-likeness (QED) is 0.774. The SMILES string of the molecule is Cc1cc(C)n(Cc2cccc(NS(=O)(=O)c3ccccc3)c2)n1. The lowest BCUT2D eigenvalue weighted by Crippen LogP contribution is -2.13. The van der Waals surface area contributed by atoms with E-state index in [2.05, 4.69) is 9.82 Å². The van der Waals surface area contributed by atoms with Gasteiger partial charge in [0.2, 0.25) is 0 Å². The first-order valence-electron chi connectivity index (χ1n) is 7.62. The van der Waals surface area contributed by atoms with Crippen LogP contribution in [0.25, 0.3) is 0 Å². The van der Waals surface area contributed by atoms with Crippen LogP contribution in [0.2, 0.25) is 0 Å². The number of aryl methyl sites for hydroxylation is 2. The molecule has 0 radical (unpaired) electrons. The molecule has 0 saturated heterocycles. The summed E-state index contributed by atoms with van der Waals surface area (Å²) in [6.07, 6.45) is 0. The molecule has 124 valence electrons. The Morgan fingerprint density at radius 3 is 2.42 bits per heavy atom. The molecule has 0 fully saturated rings. The van der Waals surface area contributed by atoms with Gasteiger partial charge in [-0.15, -0.1) is 0 Å². The highest BCUT2D eigenvalue weighted by Crippen LogP contribution is 2.18. The van der Waals surface area contributed by atoms with Gasteiger partial charge in [-0.2, -0.15) is 5.10 Å². The van der Waals surface area contributed by atoms with Crippen LogP contribution in [0.1, 0.15) is 17.0 Å². The lowest BCUT2D eigenvalue weighted by Gasteiger charge is -2.10. The third-order valence-electron chi connectivity index (χ3n) is 3.67. The Morgan fingerprint density at radius 1 is 1.00 bits per heavy atom. The molecule has 0 amide bonds. The predicted molar refractivity (Wildman–Crippen MR) is 94.5 cm³/mol. The smallest absolute Gasteiger partial charge is 0.261 e. The summed E-state index contributed by atoms with van der Waals surface area (Å²) in [5.74, 6) is 0. The average Bonchev–Trinajstić information content (AvgIpc) is 2.86. The van der Waals surface area contributed by atoms with Gasteiger partial charge in [-0.3, -0.25) is 9.40 Å². The van der Waals surface area contributed by atoms with Gasteiger partial charge >= 0.3 is 0 Å². The standard InChI is InChI=1S/C18H19N3O2S/c1-14-11-15(2)21(19-14)13-16-7-6-8-17(12-16)20-24(22,23)18-9-4-3-5-10-18/h3-12,20H,13H2,1-2H3. The number of benzene rings is 2. The van der Waals surface area contributed by atoms with Gasteiger partial charge in [0.1, 0.15) is 0 Å². The van der Waals surface area contributed by atoms with E-state index in [1.165, 1.54) is 0 Å². The van der Waals surface area contributed by atoms with E-state index in [1.807, 2.05) is 42.8 Å². The van der Waals surface area contributed by atoms with Crippen molar-refractivity contribution in [1.29, 1.82) is 0 Å². The molecule has 0 aliphatic heterocycles. The summed E-state index contributed by atoms with van der Waals surface area (Å²) in [5, 5.41) is 4.44. The van der Waals surface area contributed by atoms with E-state index in [-0.39, 0.29) is 4.90 Å². The molecule has 2 aromatic carbocycles. The third-order valence-corrected chi connectivity index (χ3v) is 5.07. The number of sulfonamides is 1. The number of hydrogen-bond acceptors (Lipinski definition) is 3. The normalized spacial score (nSPS) is 11.4. The Bertz CT molecular complexity index is 947. The summed E-state index contributed by atoms with van der Waals surface area (Å²) < 4.78 is 29.3. The second kappa shape index (κ2) is 6.49. The van der Waals surface area contributed by atoms with Crippen LogP contribution >= 0.6 is 0 Å². The lowest BCUT2D eigenvalue weighted by molar-refractivity contribution is 0.601. The third kappa shape index (κ3) is 3.65. The van der Waals surface area contributed by atoms with Crippen LogP contribution in [0.3, 0.4) is 0 Å². The van der Waals surface area contributed by atoms with Crippen molar-refractivity contribution in [2.75, 3.05) is 4.72 Å². The first-order chi connectivity index (χ1) is 11.4. The minimum absolute atomic E-state index is 0.244. The number of nitrogens with one attached hydrogen (secondary N) is 1. The second-order valence-electron chi connectivity index (χ2n) is 5.70. The van der Waals surface area contributed by atoms with Crippen molar-refractivity contribution in [1.82, 2.24) is 9.78 Å². The highest BCUT2D eigenvalue weighted by molar-refractivity contribution is 7.92. The van der Waals surface area contributed by atoms with Gasteiger partial charge in [0.05, 0.1) is 17.1 Å². The fraction of sp³-hybridized carbons (Fsp3) is 0.167. The van der Waals surface area contributed by atoms with Crippen molar-refractivity contribution < 1.29 is 8.42 Å². The molecule has 3 aromatic rings. The number of anilines is 1. The summed E-state index contributed by atoms with van der Waals surface area (Å²) in [6, 6.07) is 17.7. The van der Waals surface area contributed by atoms with Gasteiger partial charge in [-0.1, -0.05) is 30.3 Å². The number of aromatic nitrogens is 2. The highest BCUT2D eigenvalue weighted by atomic mass is 32.2. The van der Waals surface area contributed by atoms with E-state index in [4.69, 9.17) is 0 Å². The molecule has 0 bridgehead atoms. The Balaban J connectivity index is 1.82. The average molecular weight is 341 g/mol. The molecule has 3 rings (SSSR count). The van der Waals surface area contributed by atoms with Gasteiger partial charge in [0.25, 0.3) is 10.0 Å². The summed E-state index contributed by atoms with van der Waals surface area (Å²) in [5.41, 5.74) is 3.56. The summed E-state index contributed by atoms with van der Waals surface area (Å²) >= 11 is 0. The topological polar surface area (TPSA) is 64.0 Å². The highest BCUT2D eigenvalue weighted by Gasteiger charge is 2.13. The molecule has 0 unspecified atom stereocenters. The Hall–Kier alpha value is -2.60. The maximum Gasteiger partial charge on any atom is 0.261 e. The molecular weight excluding hydrogens is 322 g/mol. The molecule has 1 heterocycles. The van der Waals surface area contributed by atoms with Crippen LogP contribution in [-0.4, -0.2) is 18.2 Å². The molecule has 6 heteroatoms. The van der Waals surface area contributed by atoms with E-state index < -0.39 is 10.0 Å². The zero-order valence-electron chi connectivity index (χ0n) is 13.6. The monoisotopic (exact) mass is 341 g/mol. The molecule has 1 aromatic heterocycles. The van der Waals surface area contributed by atoms with E-state index >= 15 is 0 Å². The van der Waals surface area contributed by atoms with Crippen LogP contribution < -0.4 is 4.72 Å². The van der Waals surface area contributed by atoms with Crippen LogP contribution in [0.15, 0.2) is 65.6 Å². The van der Waals surface area contributed by atoms with Gasteiger partial charge in [0.15, 0.2) is 0 Å². The zero-order valence-corrected chi connectivity index (χ0v) is 14.4. The van der Waals surface area contributed by atoms with Crippen LogP contribution in [0.4, 0.5) is 5.69 Å². The number of nitrogens with zero attached hydrogens (tertiary/aromatic N) is 2. The molecule has 24 heavy (non-hydrogen) atoms. The molecule has 0 aliphatic carbocycles. The Labute approximate surface area is 142 Å². The van der Waals surface area contributed by atoms with Crippen molar-refractivity contribution >= 4 is 15.7 Å². The maximum absolute atomic E-state index is 12.4. The van der Waals surface area contributed by atoms with E-state index in [1.54, 1.807) is 36.4 Å².